The first-order valence-corrected chi connectivity index (χ1v) is 6.79. The first-order valence-electron chi connectivity index (χ1n) is 6.00. The van der Waals surface area contributed by atoms with E-state index < -0.39 is 5.97 Å². The summed E-state index contributed by atoms with van der Waals surface area (Å²) in [7, 11) is 1.97. The lowest BCUT2D eigenvalue weighted by Crippen LogP contribution is -2.19. The highest BCUT2D eigenvalue weighted by molar-refractivity contribution is 9.10. The van der Waals surface area contributed by atoms with E-state index in [4.69, 9.17) is 5.11 Å². The Hall–Kier alpha value is -1.63. The Morgan fingerprint density at radius 1 is 1.53 bits per heavy atom. The van der Waals surface area contributed by atoms with Gasteiger partial charge in [0.25, 0.3) is 0 Å². The van der Waals surface area contributed by atoms with Crippen LogP contribution in [0.25, 0.3) is 5.65 Å². The van der Waals surface area contributed by atoms with E-state index in [1.165, 1.54) is 0 Å². The Kier molecular flexibility index (Phi) is 4.04. The fourth-order valence-electron chi connectivity index (χ4n) is 1.85. The fraction of sp³-hybridized carbons (Fsp3) is 0.417. The zero-order chi connectivity index (χ0) is 14.0. The summed E-state index contributed by atoms with van der Waals surface area (Å²) in [6.45, 7) is 3.01. The van der Waals surface area contributed by atoms with Crippen LogP contribution >= 0.6 is 15.9 Å². The van der Waals surface area contributed by atoms with Gasteiger partial charge < -0.3 is 10.0 Å². The molecule has 0 bridgehead atoms. The number of fused-ring (bicyclic) bond motifs is 1. The first kappa shape index (κ1) is 13.8. The van der Waals surface area contributed by atoms with Crippen LogP contribution in [0.2, 0.25) is 0 Å². The van der Waals surface area contributed by atoms with Gasteiger partial charge in [-0.3, -0.25) is 4.79 Å². The maximum Gasteiger partial charge on any atom is 0.309 e. The summed E-state index contributed by atoms with van der Waals surface area (Å²) < 4.78 is 2.22. The average Bonchev–Trinajstić information content (AvgIpc) is 2.65. The van der Waals surface area contributed by atoms with Gasteiger partial charge in [0.15, 0.2) is 5.65 Å². The largest absolute Gasteiger partial charge is 0.481 e. The molecule has 7 heteroatoms. The zero-order valence-electron chi connectivity index (χ0n) is 10.8. The smallest absolute Gasteiger partial charge is 0.309 e. The van der Waals surface area contributed by atoms with Gasteiger partial charge in [-0.15, -0.1) is 5.10 Å². The van der Waals surface area contributed by atoms with Gasteiger partial charge in [-0.25, -0.2) is 9.50 Å². The molecule has 1 N–H and O–H groups in total. The molecule has 0 amide bonds. The quantitative estimate of drug-likeness (QED) is 0.909. The summed E-state index contributed by atoms with van der Waals surface area (Å²) >= 11 is 3.36. The molecule has 0 saturated heterocycles. The normalized spacial score (nSPS) is 10.9. The highest BCUT2D eigenvalue weighted by atomic mass is 79.9. The van der Waals surface area contributed by atoms with Gasteiger partial charge in [0.1, 0.15) is 10.4 Å². The summed E-state index contributed by atoms with van der Waals surface area (Å²) in [5.41, 5.74) is 1.12. The van der Waals surface area contributed by atoms with Crippen molar-refractivity contribution < 1.29 is 9.90 Å². The van der Waals surface area contributed by atoms with Crippen molar-refractivity contribution in [3.63, 3.8) is 0 Å². The monoisotopic (exact) mass is 326 g/mol. The third-order valence-corrected chi connectivity index (χ3v) is 3.54. The molecule has 2 rings (SSSR count). The van der Waals surface area contributed by atoms with E-state index in [1.54, 1.807) is 4.52 Å². The van der Waals surface area contributed by atoms with Crippen molar-refractivity contribution in [2.24, 2.45) is 0 Å². The van der Waals surface area contributed by atoms with E-state index in [2.05, 4.69) is 32.9 Å². The molecule has 0 aliphatic heterocycles. The van der Waals surface area contributed by atoms with Gasteiger partial charge >= 0.3 is 5.97 Å². The van der Waals surface area contributed by atoms with E-state index in [1.807, 2.05) is 24.1 Å². The molecule has 6 nitrogen and oxygen atoms in total. The number of carboxylic acid groups (broad SMARTS) is 1. The van der Waals surface area contributed by atoms with Gasteiger partial charge in [-0.05, 0) is 34.5 Å². The number of nitrogens with zero attached hydrogens (tertiary/aromatic N) is 4. The van der Waals surface area contributed by atoms with E-state index in [-0.39, 0.29) is 6.42 Å². The summed E-state index contributed by atoms with van der Waals surface area (Å²) in [5, 5.41) is 13.3. The van der Waals surface area contributed by atoms with Crippen LogP contribution in [-0.2, 0) is 11.2 Å². The number of imidazole rings is 1. The molecular weight excluding hydrogens is 312 g/mol. The summed E-state index contributed by atoms with van der Waals surface area (Å²) in [6.07, 6.45) is 0.912. The number of anilines is 1. The minimum absolute atomic E-state index is 0.121. The van der Waals surface area contributed by atoms with Crippen LogP contribution < -0.4 is 4.90 Å². The Morgan fingerprint density at radius 3 is 2.89 bits per heavy atom. The van der Waals surface area contributed by atoms with E-state index in [9.17, 15) is 4.79 Å². The van der Waals surface area contributed by atoms with E-state index in [0.29, 0.717) is 15.9 Å². The number of aromatic nitrogens is 3. The lowest BCUT2D eigenvalue weighted by atomic mass is 10.3. The van der Waals surface area contributed by atoms with Gasteiger partial charge in [0.2, 0.25) is 0 Å². The van der Waals surface area contributed by atoms with Crippen molar-refractivity contribution >= 4 is 33.4 Å². The molecule has 0 radical (unpaired) electrons. The second kappa shape index (κ2) is 5.56. The van der Waals surface area contributed by atoms with E-state index in [0.717, 1.165) is 18.8 Å². The molecule has 0 spiro atoms. The second-order valence-corrected chi connectivity index (χ2v) is 5.05. The number of hydrogen-bond donors (Lipinski definition) is 1. The van der Waals surface area contributed by atoms with Crippen LogP contribution in [0.1, 0.15) is 19.0 Å². The summed E-state index contributed by atoms with van der Waals surface area (Å²) in [4.78, 5) is 17.1. The molecule has 102 valence electrons. The molecular formula is C12H15BrN4O2. The predicted molar refractivity (Wildman–Crippen MR) is 75.6 cm³/mol. The Morgan fingerprint density at radius 2 is 2.26 bits per heavy atom. The van der Waals surface area contributed by atoms with Crippen LogP contribution in [0, 0.1) is 0 Å². The van der Waals surface area contributed by atoms with Crippen molar-refractivity contribution in [3.8, 4) is 0 Å². The fourth-order valence-corrected chi connectivity index (χ4v) is 2.34. The van der Waals surface area contributed by atoms with Crippen molar-refractivity contribution in [1.82, 2.24) is 14.6 Å². The second-order valence-electron chi connectivity index (χ2n) is 4.30. The maximum atomic E-state index is 10.8. The van der Waals surface area contributed by atoms with Crippen molar-refractivity contribution in [2.75, 3.05) is 18.5 Å². The number of hydrogen-bond acceptors (Lipinski definition) is 4. The third kappa shape index (κ3) is 2.86. The number of aliphatic carboxylic acids is 1. The minimum Gasteiger partial charge on any atom is -0.481 e. The summed E-state index contributed by atoms with van der Waals surface area (Å²) in [5.74, 6) is -0.0817. The first-order chi connectivity index (χ1) is 9.02. The molecule has 0 saturated carbocycles. The molecule has 2 aromatic rings. The molecule has 0 unspecified atom stereocenters. The van der Waals surface area contributed by atoms with Gasteiger partial charge in [-0.2, -0.15) is 0 Å². The molecule has 0 aliphatic carbocycles. The molecule has 0 aromatic carbocycles. The highest BCUT2D eigenvalue weighted by Crippen LogP contribution is 2.20. The van der Waals surface area contributed by atoms with Gasteiger partial charge in [0.05, 0.1) is 12.1 Å². The van der Waals surface area contributed by atoms with Crippen LogP contribution in [0.4, 0.5) is 5.82 Å². The highest BCUT2D eigenvalue weighted by Gasteiger charge is 2.14. The topological polar surface area (TPSA) is 70.7 Å². The molecule has 0 fully saturated rings. The standard InChI is InChI=1S/C12H15BrN4O2/c1-3-6-16(2)10-5-4-9-14-8(7-11(18)19)12(13)17(9)15-10/h4-5H,3,6-7H2,1-2H3,(H,18,19). The lowest BCUT2D eigenvalue weighted by Gasteiger charge is -2.16. The Labute approximate surface area is 119 Å². The third-order valence-electron chi connectivity index (χ3n) is 2.74. The van der Waals surface area contributed by atoms with Crippen molar-refractivity contribution in [1.29, 1.82) is 0 Å². The van der Waals surface area contributed by atoms with Crippen molar-refractivity contribution in [2.45, 2.75) is 19.8 Å². The average molecular weight is 327 g/mol. The number of halogens is 1. The van der Waals surface area contributed by atoms with E-state index >= 15 is 0 Å². The molecule has 2 aromatic heterocycles. The maximum absolute atomic E-state index is 10.8. The SMILES string of the molecule is CCCN(C)c1ccc2nc(CC(=O)O)c(Br)n2n1. The number of carbonyl (C=O) groups is 1. The molecule has 19 heavy (non-hydrogen) atoms. The summed E-state index contributed by atoms with van der Waals surface area (Å²) in [6, 6.07) is 3.72. The van der Waals surface area contributed by atoms with Crippen LogP contribution in [0.5, 0.6) is 0 Å². The molecule has 0 atom stereocenters. The number of rotatable bonds is 5. The van der Waals surface area contributed by atoms with Gasteiger partial charge in [-0.1, -0.05) is 6.92 Å². The Balaban J connectivity index is 2.42. The number of carboxylic acids is 1. The lowest BCUT2D eigenvalue weighted by molar-refractivity contribution is -0.136. The zero-order valence-corrected chi connectivity index (χ0v) is 12.4. The van der Waals surface area contributed by atoms with Crippen LogP contribution in [-0.4, -0.2) is 39.3 Å². The van der Waals surface area contributed by atoms with Crippen molar-refractivity contribution in [3.05, 3.63) is 22.4 Å². The van der Waals surface area contributed by atoms with Crippen LogP contribution in [0.3, 0.4) is 0 Å². The molecule has 0 aliphatic rings. The van der Waals surface area contributed by atoms with Crippen LogP contribution in [0.15, 0.2) is 16.7 Å². The predicted octanol–water partition coefficient (Wildman–Crippen LogP) is 1.97. The van der Waals surface area contributed by atoms with Gasteiger partial charge in [0, 0.05) is 13.6 Å². The molecule has 2 heterocycles. The minimum atomic E-state index is -0.910. The Bertz CT molecular complexity index is 611.